The van der Waals surface area contributed by atoms with Gasteiger partial charge >= 0.3 is 0 Å². The minimum atomic E-state index is 0.0670. The van der Waals surface area contributed by atoms with Crippen molar-refractivity contribution in [1.29, 1.82) is 0 Å². The van der Waals surface area contributed by atoms with E-state index in [1.165, 1.54) is 11.3 Å². The van der Waals surface area contributed by atoms with Crippen molar-refractivity contribution in [2.24, 2.45) is 0 Å². The van der Waals surface area contributed by atoms with Crippen molar-refractivity contribution in [1.82, 2.24) is 20.0 Å². The van der Waals surface area contributed by atoms with Crippen LogP contribution in [0.2, 0.25) is 0 Å². The van der Waals surface area contributed by atoms with Gasteiger partial charge in [-0.2, -0.15) is 10.2 Å². The van der Waals surface area contributed by atoms with E-state index in [0.717, 1.165) is 38.2 Å². The highest BCUT2D eigenvalue weighted by molar-refractivity contribution is 5.40. The number of rotatable bonds is 5. The van der Waals surface area contributed by atoms with Gasteiger partial charge in [-0.15, -0.1) is 0 Å². The molecule has 120 valence electrons. The molecule has 1 atom stereocenters. The van der Waals surface area contributed by atoms with E-state index in [1.54, 1.807) is 0 Å². The maximum atomic E-state index is 5.64. The van der Waals surface area contributed by atoms with Crippen LogP contribution in [0.1, 0.15) is 44.9 Å². The lowest BCUT2D eigenvalue weighted by Gasteiger charge is -2.18. The molecule has 22 heavy (non-hydrogen) atoms. The normalized spacial score (nSPS) is 18.8. The van der Waals surface area contributed by atoms with Gasteiger partial charge in [0.25, 0.3) is 0 Å². The van der Waals surface area contributed by atoms with Crippen LogP contribution in [0.25, 0.3) is 0 Å². The van der Waals surface area contributed by atoms with Crippen molar-refractivity contribution >= 4 is 5.69 Å². The number of nitrogens with one attached hydrogen (secondary N) is 2. The SMILES string of the molecule is CC(C)(C)c1[nH]ncc1CNc1cnn(C[C@@H]2CCCO2)c1. The maximum absolute atomic E-state index is 5.64. The van der Waals surface area contributed by atoms with Gasteiger partial charge in [0.1, 0.15) is 0 Å². The van der Waals surface area contributed by atoms with E-state index in [0.29, 0.717) is 6.10 Å². The zero-order valence-corrected chi connectivity index (χ0v) is 13.6. The number of ether oxygens (including phenoxy) is 1. The first-order chi connectivity index (χ1) is 10.5. The molecule has 2 aromatic heterocycles. The van der Waals surface area contributed by atoms with Crippen LogP contribution in [0, 0.1) is 0 Å². The van der Waals surface area contributed by atoms with Crippen molar-refractivity contribution in [2.75, 3.05) is 11.9 Å². The lowest BCUT2D eigenvalue weighted by Crippen LogP contribution is -2.16. The maximum Gasteiger partial charge on any atom is 0.0771 e. The van der Waals surface area contributed by atoms with E-state index < -0.39 is 0 Å². The van der Waals surface area contributed by atoms with Crippen LogP contribution in [0.4, 0.5) is 5.69 Å². The Morgan fingerprint density at radius 1 is 1.41 bits per heavy atom. The second kappa shape index (κ2) is 6.12. The quantitative estimate of drug-likeness (QED) is 0.891. The van der Waals surface area contributed by atoms with Gasteiger partial charge in [-0.05, 0) is 12.8 Å². The summed E-state index contributed by atoms with van der Waals surface area (Å²) in [6.07, 6.45) is 8.41. The number of anilines is 1. The molecule has 0 radical (unpaired) electrons. The van der Waals surface area contributed by atoms with Crippen LogP contribution in [0.3, 0.4) is 0 Å². The van der Waals surface area contributed by atoms with Crippen molar-refractivity contribution in [3.63, 3.8) is 0 Å². The monoisotopic (exact) mass is 303 g/mol. The van der Waals surface area contributed by atoms with Crippen LogP contribution >= 0.6 is 0 Å². The van der Waals surface area contributed by atoms with E-state index in [2.05, 4.69) is 41.4 Å². The third-order valence-corrected chi connectivity index (χ3v) is 4.00. The molecular formula is C16H25N5O. The number of nitrogens with zero attached hydrogens (tertiary/aromatic N) is 3. The van der Waals surface area contributed by atoms with Crippen molar-refractivity contribution < 1.29 is 4.74 Å². The molecule has 1 aliphatic heterocycles. The first-order valence-corrected chi connectivity index (χ1v) is 7.93. The Kier molecular flexibility index (Phi) is 4.20. The van der Waals surface area contributed by atoms with Gasteiger partial charge in [-0.25, -0.2) is 0 Å². The molecule has 6 heteroatoms. The zero-order valence-electron chi connectivity index (χ0n) is 13.6. The van der Waals surface area contributed by atoms with Crippen molar-refractivity contribution in [2.45, 2.75) is 58.2 Å². The van der Waals surface area contributed by atoms with Crippen LogP contribution in [-0.4, -0.2) is 32.7 Å². The van der Waals surface area contributed by atoms with Gasteiger partial charge in [0.2, 0.25) is 0 Å². The van der Waals surface area contributed by atoms with Gasteiger partial charge in [0.05, 0.1) is 30.7 Å². The Morgan fingerprint density at radius 3 is 3.00 bits per heavy atom. The lowest BCUT2D eigenvalue weighted by atomic mass is 9.89. The van der Waals surface area contributed by atoms with E-state index in [9.17, 15) is 0 Å². The van der Waals surface area contributed by atoms with E-state index in [-0.39, 0.29) is 5.41 Å². The number of aromatic nitrogens is 4. The first-order valence-electron chi connectivity index (χ1n) is 7.93. The topological polar surface area (TPSA) is 67.8 Å². The summed E-state index contributed by atoms with van der Waals surface area (Å²) in [5.74, 6) is 0. The Morgan fingerprint density at radius 2 is 2.27 bits per heavy atom. The molecule has 1 saturated heterocycles. The fourth-order valence-electron chi connectivity index (χ4n) is 2.84. The standard InChI is InChI=1S/C16H25N5O/c1-16(2,3)15-12(8-18-20-15)7-17-13-9-19-21(10-13)11-14-5-4-6-22-14/h8-10,14,17H,4-7,11H2,1-3H3,(H,18,20)/t14-/m0/s1. The predicted molar refractivity (Wildman–Crippen MR) is 85.8 cm³/mol. The minimum absolute atomic E-state index is 0.0670. The van der Waals surface area contributed by atoms with Crippen LogP contribution < -0.4 is 5.32 Å². The fourth-order valence-corrected chi connectivity index (χ4v) is 2.84. The fraction of sp³-hybridized carbons (Fsp3) is 0.625. The molecule has 6 nitrogen and oxygen atoms in total. The second-order valence-electron chi connectivity index (χ2n) is 6.96. The number of hydrogen-bond acceptors (Lipinski definition) is 4. The zero-order chi connectivity index (χ0) is 15.6. The summed E-state index contributed by atoms with van der Waals surface area (Å²) < 4.78 is 7.60. The third-order valence-electron chi connectivity index (χ3n) is 4.00. The van der Waals surface area contributed by atoms with Crippen LogP contribution in [0.15, 0.2) is 18.6 Å². The Labute approximate surface area is 131 Å². The van der Waals surface area contributed by atoms with Gasteiger partial charge < -0.3 is 10.1 Å². The molecule has 0 aliphatic carbocycles. The third kappa shape index (κ3) is 3.50. The predicted octanol–water partition coefficient (Wildman–Crippen LogP) is 2.69. The number of hydrogen-bond donors (Lipinski definition) is 2. The minimum Gasteiger partial charge on any atom is -0.378 e. The average molecular weight is 303 g/mol. The summed E-state index contributed by atoms with van der Waals surface area (Å²) >= 11 is 0. The highest BCUT2D eigenvalue weighted by Crippen LogP contribution is 2.24. The van der Waals surface area contributed by atoms with E-state index in [4.69, 9.17) is 4.74 Å². The van der Waals surface area contributed by atoms with Crippen LogP contribution in [-0.2, 0) is 23.2 Å². The molecule has 0 saturated carbocycles. The summed E-state index contributed by atoms with van der Waals surface area (Å²) in [4.78, 5) is 0. The van der Waals surface area contributed by atoms with Gasteiger partial charge in [-0.3, -0.25) is 9.78 Å². The van der Waals surface area contributed by atoms with Crippen molar-refractivity contribution in [3.8, 4) is 0 Å². The summed E-state index contributed by atoms with van der Waals surface area (Å²) in [7, 11) is 0. The molecular weight excluding hydrogens is 278 g/mol. The number of aromatic amines is 1. The Hall–Kier alpha value is -1.82. The average Bonchev–Trinajstić information content (AvgIpc) is 3.17. The molecule has 0 aromatic carbocycles. The second-order valence-corrected chi connectivity index (χ2v) is 6.96. The van der Waals surface area contributed by atoms with Gasteiger partial charge in [0, 0.05) is 36.0 Å². The smallest absolute Gasteiger partial charge is 0.0771 e. The Bertz CT molecular complexity index is 604. The highest BCUT2D eigenvalue weighted by Gasteiger charge is 2.20. The highest BCUT2D eigenvalue weighted by atomic mass is 16.5. The Balaban J connectivity index is 1.58. The molecule has 3 rings (SSSR count). The summed E-state index contributed by atoms with van der Waals surface area (Å²) in [5, 5.41) is 15.1. The molecule has 0 bridgehead atoms. The molecule has 1 aliphatic rings. The lowest BCUT2D eigenvalue weighted by molar-refractivity contribution is 0.0940. The van der Waals surface area contributed by atoms with Crippen LogP contribution in [0.5, 0.6) is 0 Å². The summed E-state index contributed by atoms with van der Waals surface area (Å²) in [6, 6.07) is 0. The molecule has 0 spiro atoms. The first kappa shape index (κ1) is 15.1. The number of H-pyrrole nitrogens is 1. The molecule has 1 fully saturated rings. The molecule has 2 N–H and O–H groups in total. The summed E-state index contributed by atoms with van der Waals surface area (Å²) in [5.41, 5.74) is 3.46. The van der Waals surface area contributed by atoms with E-state index in [1.807, 2.05) is 23.3 Å². The van der Waals surface area contributed by atoms with Gasteiger partial charge in [0.15, 0.2) is 0 Å². The largest absolute Gasteiger partial charge is 0.378 e. The summed E-state index contributed by atoms with van der Waals surface area (Å²) in [6.45, 7) is 9.01. The van der Waals surface area contributed by atoms with E-state index >= 15 is 0 Å². The molecule has 0 unspecified atom stereocenters. The van der Waals surface area contributed by atoms with Gasteiger partial charge in [-0.1, -0.05) is 20.8 Å². The van der Waals surface area contributed by atoms with Crippen molar-refractivity contribution in [3.05, 3.63) is 29.8 Å². The molecule has 0 amide bonds. The molecule has 3 heterocycles. The molecule has 2 aromatic rings.